The van der Waals surface area contributed by atoms with Gasteiger partial charge in [0, 0.05) is 32.4 Å². The number of benzene rings is 1. The average Bonchev–Trinajstić information content (AvgIpc) is 3.68. The summed E-state index contributed by atoms with van der Waals surface area (Å²) in [4.78, 5) is 10.4. The number of aromatic nitrogens is 4. The van der Waals surface area contributed by atoms with Crippen LogP contribution in [0.4, 0.5) is 14.7 Å². The van der Waals surface area contributed by atoms with E-state index in [1.165, 1.54) is 18.3 Å². The van der Waals surface area contributed by atoms with Gasteiger partial charge < -0.3 is 15.3 Å². The second kappa shape index (κ2) is 8.87. The van der Waals surface area contributed by atoms with Crippen molar-refractivity contribution in [3.63, 3.8) is 0 Å². The third-order valence-corrected chi connectivity index (χ3v) is 8.42. The summed E-state index contributed by atoms with van der Waals surface area (Å²) >= 11 is 0.548. The molecule has 2 bridgehead atoms. The molecule has 1 aromatic carbocycles. The zero-order valence-electron chi connectivity index (χ0n) is 23.6. The molecule has 2 aromatic heterocycles. The van der Waals surface area contributed by atoms with E-state index in [4.69, 9.17) is 4.11 Å². The molecule has 10 heteroatoms. The number of aromatic hydroxyl groups is 1. The second-order valence-electron chi connectivity index (χ2n) is 10.9. The molecule has 1 aliphatic carbocycles. The molecule has 0 radical (unpaired) electrons. The van der Waals surface area contributed by atoms with Gasteiger partial charge in [-0.25, -0.2) is 18.7 Å². The van der Waals surface area contributed by atoms with E-state index in [-0.39, 0.29) is 34.0 Å². The van der Waals surface area contributed by atoms with Crippen molar-refractivity contribution in [3.8, 4) is 28.1 Å². The molecular weight excluding hydrogens is 494 g/mol. The van der Waals surface area contributed by atoms with Crippen molar-refractivity contribution in [2.75, 3.05) is 11.1 Å². The minimum atomic E-state index is -2.32. The van der Waals surface area contributed by atoms with Crippen LogP contribution >= 0.6 is 11.8 Å². The van der Waals surface area contributed by atoms with Gasteiger partial charge in [0.25, 0.3) is 0 Å². The molecule has 6 rings (SSSR count). The predicted molar refractivity (Wildman–Crippen MR) is 140 cm³/mol. The Hall–Kier alpha value is -2.85. The Morgan fingerprint density at radius 1 is 1.14 bits per heavy atom. The Balaban J connectivity index is 1.26. The number of piperidine rings is 1. The first-order valence-corrected chi connectivity index (χ1v) is 13.3. The van der Waals surface area contributed by atoms with E-state index in [1.807, 2.05) is 11.8 Å². The summed E-state index contributed by atoms with van der Waals surface area (Å²) in [5.41, 5.74) is 0.425. The number of fused-ring (bicyclic) bond motifs is 2. The van der Waals surface area contributed by atoms with Gasteiger partial charge in [-0.1, -0.05) is 6.07 Å². The van der Waals surface area contributed by atoms with Crippen LogP contribution in [0.2, 0.25) is 0 Å². The summed E-state index contributed by atoms with van der Waals surface area (Å²) in [7, 11) is 0. The van der Waals surface area contributed by atoms with Crippen LogP contribution in [0.5, 0.6) is 5.75 Å². The molecule has 3 aliphatic rings. The van der Waals surface area contributed by atoms with E-state index in [1.54, 1.807) is 12.1 Å². The van der Waals surface area contributed by atoms with Crippen molar-refractivity contribution >= 4 is 17.7 Å². The lowest BCUT2D eigenvalue weighted by Gasteiger charge is -2.48. The summed E-state index contributed by atoms with van der Waals surface area (Å²) in [5, 5.41) is 23.1. The minimum Gasteiger partial charge on any atom is -0.507 e. The lowest BCUT2D eigenvalue weighted by molar-refractivity contribution is 0.0828. The van der Waals surface area contributed by atoms with Crippen molar-refractivity contribution in [1.29, 1.82) is 0 Å². The first-order valence-electron chi connectivity index (χ1n) is 13.9. The molecule has 0 amide bonds. The van der Waals surface area contributed by atoms with E-state index >= 15 is 4.39 Å². The van der Waals surface area contributed by atoms with Gasteiger partial charge in [-0.3, -0.25) is 0 Å². The smallest absolute Gasteiger partial charge is 0.245 e. The Morgan fingerprint density at radius 2 is 1.97 bits per heavy atom. The molecule has 0 spiro atoms. The van der Waals surface area contributed by atoms with Crippen molar-refractivity contribution in [2.24, 2.45) is 0 Å². The first kappa shape index (κ1) is 21.1. The third-order valence-electron chi connectivity index (χ3n) is 7.99. The molecule has 7 nitrogen and oxygen atoms in total. The molecule has 194 valence electrons. The van der Waals surface area contributed by atoms with Crippen LogP contribution in [0.1, 0.15) is 50.1 Å². The number of halogens is 2. The Labute approximate surface area is 223 Å². The Kier molecular flexibility index (Phi) is 5.06. The summed E-state index contributed by atoms with van der Waals surface area (Å²) in [5.74, 6) is -0.434. The largest absolute Gasteiger partial charge is 0.507 e. The molecule has 2 saturated heterocycles. The van der Waals surface area contributed by atoms with Crippen LogP contribution in [0.3, 0.4) is 0 Å². The second-order valence-corrected chi connectivity index (χ2v) is 11.5. The molecule has 2 aliphatic heterocycles. The number of pyridine rings is 1. The fraction of sp³-hybridized carbons (Fsp3) is 0.481. The standard InChI is InChI=1S/C27H30F2N6OS/c1-26-8-9-27(2,34-26)24(29)21(12-26)35(16-5-6-16)25-31-14-20(32-33-25)17-7-4-15(10-22(17)36)18-11-23(37-3)30-13-19(18)28/h4,7,10-11,13-14,16,21,24,34,36H,5-6,8-9,12H2,1-3H3/t21-,24-,26-,27+/m1/s1/i3D3. The SMILES string of the molecule is [2H]C([2H])([2H])Sc1cc(-c2ccc(-c3cnc(N(C4CC4)[C@@H]4C[C@@]5(C)CC[C@](C)(N5)[C@@H]4F)nn3)c(O)c2)c(F)cn1. The van der Waals surface area contributed by atoms with Crippen molar-refractivity contribution in [2.45, 2.75) is 80.3 Å². The quantitative estimate of drug-likeness (QED) is 0.426. The summed E-state index contributed by atoms with van der Waals surface area (Å²) in [6, 6.07) is 5.73. The maximum atomic E-state index is 15.9. The molecule has 3 fully saturated rings. The number of anilines is 1. The molecular formula is C27H30F2N6OS. The summed E-state index contributed by atoms with van der Waals surface area (Å²) in [6.07, 6.45) is 3.36. The number of nitrogens with one attached hydrogen (secondary N) is 1. The molecule has 0 unspecified atom stereocenters. The number of hydrogen-bond donors (Lipinski definition) is 2. The predicted octanol–water partition coefficient (Wildman–Crippen LogP) is 5.15. The van der Waals surface area contributed by atoms with Crippen LogP contribution in [-0.4, -0.2) is 60.8 Å². The highest BCUT2D eigenvalue weighted by Crippen LogP contribution is 2.47. The lowest BCUT2D eigenvalue weighted by Crippen LogP contribution is -2.66. The zero-order chi connectivity index (χ0) is 28.4. The topological polar surface area (TPSA) is 87.1 Å². The zero-order valence-corrected chi connectivity index (χ0v) is 21.4. The van der Waals surface area contributed by atoms with Gasteiger partial charge in [0.15, 0.2) is 0 Å². The number of phenols is 1. The van der Waals surface area contributed by atoms with Gasteiger partial charge >= 0.3 is 0 Å². The minimum absolute atomic E-state index is 0.113. The van der Waals surface area contributed by atoms with Crippen LogP contribution in [0.15, 0.2) is 41.7 Å². The molecule has 1 saturated carbocycles. The number of alkyl halides is 1. The molecule has 4 heterocycles. The number of thioether (sulfide) groups is 1. The van der Waals surface area contributed by atoms with Crippen molar-refractivity contribution < 1.29 is 18.0 Å². The molecule has 3 aromatic rings. The highest BCUT2D eigenvalue weighted by molar-refractivity contribution is 7.98. The maximum absolute atomic E-state index is 15.9. The fourth-order valence-electron chi connectivity index (χ4n) is 6.00. The Morgan fingerprint density at radius 3 is 2.68 bits per heavy atom. The highest BCUT2D eigenvalue weighted by atomic mass is 32.2. The van der Waals surface area contributed by atoms with Gasteiger partial charge in [-0.2, -0.15) is 0 Å². The normalized spacial score (nSPS) is 30.4. The maximum Gasteiger partial charge on any atom is 0.245 e. The Bertz CT molecular complexity index is 1440. The number of rotatable bonds is 6. The van der Waals surface area contributed by atoms with E-state index in [0.717, 1.165) is 31.9 Å². The van der Waals surface area contributed by atoms with E-state index in [2.05, 4.69) is 32.4 Å². The average molecular weight is 528 g/mol. The van der Waals surface area contributed by atoms with Gasteiger partial charge in [-0.05, 0) is 75.9 Å². The molecule has 2 N–H and O–H groups in total. The summed E-state index contributed by atoms with van der Waals surface area (Å²) < 4.78 is 52.6. The number of hydrogen-bond acceptors (Lipinski definition) is 8. The van der Waals surface area contributed by atoms with Crippen LogP contribution in [0.25, 0.3) is 22.4 Å². The van der Waals surface area contributed by atoms with Crippen molar-refractivity contribution in [1.82, 2.24) is 25.5 Å². The fourth-order valence-corrected chi connectivity index (χ4v) is 6.28. The van der Waals surface area contributed by atoms with Gasteiger partial charge in [0.05, 0.1) is 23.5 Å². The lowest BCUT2D eigenvalue weighted by atomic mass is 9.82. The monoisotopic (exact) mass is 527 g/mol. The highest BCUT2D eigenvalue weighted by Gasteiger charge is 2.58. The van der Waals surface area contributed by atoms with E-state index in [0.29, 0.717) is 41.0 Å². The van der Waals surface area contributed by atoms with E-state index in [9.17, 15) is 9.50 Å². The third kappa shape index (κ3) is 4.33. The van der Waals surface area contributed by atoms with Crippen LogP contribution < -0.4 is 10.2 Å². The van der Waals surface area contributed by atoms with Crippen LogP contribution in [-0.2, 0) is 0 Å². The van der Waals surface area contributed by atoms with Gasteiger partial charge in [-0.15, -0.1) is 22.0 Å². The van der Waals surface area contributed by atoms with Gasteiger partial charge in [0.1, 0.15) is 23.4 Å². The molecule has 4 atom stereocenters. The van der Waals surface area contributed by atoms with Crippen LogP contribution in [0, 0.1) is 5.82 Å². The first-order chi connectivity index (χ1) is 18.8. The number of phenolic OH excluding ortho intramolecular Hbond substituents is 1. The summed E-state index contributed by atoms with van der Waals surface area (Å²) in [6.45, 7) is 4.11. The van der Waals surface area contributed by atoms with Crippen molar-refractivity contribution in [3.05, 3.63) is 42.5 Å². The molecule has 37 heavy (non-hydrogen) atoms. The number of nitrogens with zero attached hydrogens (tertiary/aromatic N) is 5. The van der Waals surface area contributed by atoms with E-state index < -0.39 is 23.7 Å². The van der Waals surface area contributed by atoms with Gasteiger partial charge in [0.2, 0.25) is 5.95 Å².